The van der Waals surface area contributed by atoms with E-state index in [0.717, 1.165) is 29.2 Å². The third-order valence-corrected chi connectivity index (χ3v) is 5.03. The first-order chi connectivity index (χ1) is 10.8. The third kappa shape index (κ3) is 3.52. The lowest BCUT2D eigenvalue weighted by atomic mass is 9.93. The number of aryl methyl sites for hydroxylation is 1. The van der Waals surface area contributed by atoms with E-state index in [1.165, 1.54) is 50.4 Å². The van der Waals surface area contributed by atoms with Gasteiger partial charge in [-0.15, -0.1) is 5.10 Å². The quantitative estimate of drug-likeness (QED) is 0.815. The van der Waals surface area contributed by atoms with Crippen molar-refractivity contribution < 1.29 is 4.52 Å². The number of rotatable bonds is 6. The molecule has 1 fully saturated rings. The Bertz CT molecular complexity index is 588. The van der Waals surface area contributed by atoms with E-state index in [2.05, 4.69) is 38.5 Å². The zero-order valence-electron chi connectivity index (χ0n) is 13.3. The number of aromatic nitrogens is 4. The summed E-state index contributed by atoms with van der Waals surface area (Å²) in [5.74, 6) is 2.06. The van der Waals surface area contributed by atoms with E-state index in [-0.39, 0.29) is 0 Å². The summed E-state index contributed by atoms with van der Waals surface area (Å²) in [4.78, 5) is 8.02. The van der Waals surface area contributed by atoms with Crippen LogP contribution in [0.2, 0.25) is 0 Å². The molecular formula is C15H23N5OS. The van der Waals surface area contributed by atoms with Crippen LogP contribution < -0.4 is 0 Å². The summed E-state index contributed by atoms with van der Waals surface area (Å²) in [7, 11) is 0. The SMILES string of the molecule is CCCN1CCC(Cc2noc(-c3snnc3CC)n2)CC1. The highest BCUT2D eigenvalue weighted by Gasteiger charge is 2.22. The minimum absolute atomic E-state index is 0.574. The fourth-order valence-electron chi connectivity index (χ4n) is 3.02. The molecule has 22 heavy (non-hydrogen) atoms. The molecule has 0 spiro atoms. The average Bonchev–Trinajstić information content (AvgIpc) is 3.18. The highest BCUT2D eigenvalue weighted by Crippen LogP contribution is 2.26. The van der Waals surface area contributed by atoms with Crippen molar-refractivity contribution in [3.8, 4) is 10.8 Å². The van der Waals surface area contributed by atoms with Gasteiger partial charge < -0.3 is 9.42 Å². The summed E-state index contributed by atoms with van der Waals surface area (Å²) in [6.45, 7) is 7.91. The van der Waals surface area contributed by atoms with Crippen LogP contribution in [0, 0.1) is 5.92 Å². The van der Waals surface area contributed by atoms with Crippen LogP contribution in [0.1, 0.15) is 44.6 Å². The van der Waals surface area contributed by atoms with Crippen molar-refractivity contribution in [2.24, 2.45) is 5.92 Å². The Morgan fingerprint density at radius 2 is 2.09 bits per heavy atom. The van der Waals surface area contributed by atoms with Crippen molar-refractivity contribution in [1.82, 2.24) is 24.6 Å². The fourth-order valence-corrected chi connectivity index (χ4v) is 3.69. The Morgan fingerprint density at radius 1 is 1.27 bits per heavy atom. The fraction of sp³-hybridized carbons (Fsp3) is 0.733. The molecule has 7 heteroatoms. The maximum Gasteiger partial charge on any atom is 0.271 e. The van der Waals surface area contributed by atoms with E-state index < -0.39 is 0 Å². The highest BCUT2D eigenvalue weighted by atomic mass is 32.1. The van der Waals surface area contributed by atoms with Crippen LogP contribution in [0.25, 0.3) is 10.8 Å². The summed E-state index contributed by atoms with van der Waals surface area (Å²) in [6, 6.07) is 0. The predicted octanol–water partition coefficient (Wildman–Crippen LogP) is 2.82. The van der Waals surface area contributed by atoms with Crippen molar-refractivity contribution in [2.75, 3.05) is 19.6 Å². The van der Waals surface area contributed by atoms with Gasteiger partial charge in [-0.2, -0.15) is 4.98 Å². The van der Waals surface area contributed by atoms with Crippen molar-refractivity contribution in [3.63, 3.8) is 0 Å². The molecule has 120 valence electrons. The van der Waals surface area contributed by atoms with Gasteiger partial charge in [0.25, 0.3) is 5.89 Å². The Morgan fingerprint density at radius 3 is 2.82 bits per heavy atom. The first-order valence-electron chi connectivity index (χ1n) is 8.16. The van der Waals surface area contributed by atoms with Crippen LogP contribution in [-0.2, 0) is 12.8 Å². The summed E-state index contributed by atoms with van der Waals surface area (Å²) in [6.07, 6.45) is 5.44. The predicted molar refractivity (Wildman–Crippen MR) is 85.7 cm³/mol. The molecule has 6 nitrogen and oxygen atoms in total. The van der Waals surface area contributed by atoms with Gasteiger partial charge in [0.05, 0.1) is 5.69 Å². The number of hydrogen-bond acceptors (Lipinski definition) is 7. The van der Waals surface area contributed by atoms with Crippen LogP contribution in [0.3, 0.4) is 0 Å². The van der Waals surface area contributed by atoms with Crippen LogP contribution in [0.5, 0.6) is 0 Å². The largest absolute Gasteiger partial charge is 0.333 e. The zero-order valence-corrected chi connectivity index (χ0v) is 14.1. The van der Waals surface area contributed by atoms with Gasteiger partial charge >= 0.3 is 0 Å². The second-order valence-electron chi connectivity index (χ2n) is 5.91. The average molecular weight is 321 g/mol. The monoisotopic (exact) mass is 321 g/mol. The maximum absolute atomic E-state index is 5.41. The first-order valence-corrected chi connectivity index (χ1v) is 8.94. The Balaban J connectivity index is 1.59. The number of piperidine rings is 1. The molecule has 0 aliphatic carbocycles. The molecule has 3 rings (SSSR count). The van der Waals surface area contributed by atoms with Crippen molar-refractivity contribution in [3.05, 3.63) is 11.5 Å². The Hall–Kier alpha value is -1.34. The second kappa shape index (κ2) is 7.28. The molecular weight excluding hydrogens is 298 g/mol. The van der Waals surface area contributed by atoms with Crippen molar-refractivity contribution in [1.29, 1.82) is 0 Å². The molecule has 0 saturated carbocycles. The maximum atomic E-state index is 5.41. The summed E-state index contributed by atoms with van der Waals surface area (Å²) in [5.41, 5.74) is 0.938. The molecule has 1 saturated heterocycles. The van der Waals surface area contributed by atoms with Gasteiger partial charge in [0, 0.05) is 6.42 Å². The lowest BCUT2D eigenvalue weighted by molar-refractivity contribution is 0.182. The van der Waals surface area contributed by atoms with E-state index in [1.807, 2.05) is 0 Å². The molecule has 0 unspecified atom stereocenters. The molecule has 0 N–H and O–H groups in total. The van der Waals surface area contributed by atoms with E-state index >= 15 is 0 Å². The lowest BCUT2D eigenvalue weighted by Gasteiger charge is -2.31. The van der Waals surface area contributed by atoms with Crippen LogP contribution in [0.15, 0.2) is 4.52 Å². The molecule has 2 aromatic rings. The molecule has 3 heterocycles. The second-order valence-corrected chi connectivity index (χ2v) is 6.66. The van der Waals surface area contributed by atoms with Crippen LogP contribution in [0.4, 0.5) is 0 Å². The summed E-state index contributed by atoms with van der Waals surface area (Å²) >= 11 is 1.33. The van der Waals surface area contributed by atoms with Gasteiger partial charge in [0.2, 0.25) is 0 Å². The Kier molecular flexibility index (Phi) is 5.15. The van der Waals surface area contributed by atoms with E-state index in [4.69, 9.17) is 4.52 Å². The van der Waals surface area contributed by atoms with Gasteiger partial charge in [-0.05, 0) is 62.8 Å². The Labute approximate surface area is 135 Å². The van der Waals surface area contributed by atoms with Crippen molar-refractivity contribution >= 4 is 11.5 Å². The number of likely N-dealkylation sites (tertiary alicyclic amines) is 1. The molecule has 0 amide bonds. The molecule has 1 aliphatic rings. The van der Waals surface area contributed by atoms with Gasteiger partial charge in [0.1, 0.15) is 4.88 Å². The lowest BCUT2D eigenvalue weighted by Crippen LogP contribution is -2.34. The molecule has 0 bridgehead atoms. The zero-order chi connectivity index (χ0) is 15.4. The van der Waals surface area contributed by atoms with Gasteiger partial charge in [0.15, 0.2) is 5.82 Å². The van der Waals surface area contributed by atoms with Crippen LogP contribution in [-0.4, -0.2) is 44.3 Å². The summed E-state index contributed by atoms with van der Waals surface area (Å²) < 4.78 is 9.39. The normalized spacial score (nSPS) is 17.2. The topological polar surface area (TPSA) is 67.9 Å². The molecule has 0 atom stereocenters. The van der Waals surface area contributed by atoms with Gasteiger partial charge in [-0.25, -0.2) is 0 Å². The van der Waals surface area contributed by atoms with Crippen molar-refractivity contribution in [2.45, 2.75) is 46.0 Å². The highest BCUT2D eigenvalue weighted by molar-refractivity contribution is 7.09. The minimum Gasteiger partial charge on any atom is -0.333 e. The standard InChI is InChI=1S/C15H23N5OS/c1-3-7-20-8-5-11(6-9-20)10-13-16-15(21-18-13)14-12(4-2)17-19-22-14/h11H,3-10H2,1-2H3. The molecule has 0 aromatic carbocycles. The van der Waals surface area contributed by atoms with E-state index in [9.17, 15) is 0 Å². The minimum atomic E-state index is 0.574. The molecule has 2 aromatic heterocycles. The molecule has 1 aliphatic heterocycles. The summed E-state index contributed by atoms with van der Waals surface area (Å²) in [5, 5.41) is 8.25. The van der Waals surface area contributed by atoms with Gasteiger partial charge in [-0.1, -0.05) is 23.5 Å². The number of nitrogens with zero attached hydrogens (tertiary/aromatic N) is 5. The van der Waals surface area contributed by atoms with Crippen LogP contribution >= 0.6 is 11.5 Å². The first kappa shape index (κ1) is 15.6. The smallest absolute Gasteiger partial charge is 0.271 e. The third-order valence-electron chi connectivity index (χ3n) is 4.27. The van der Waals surface area contributed by atoms with Gasteiger partial charge in [-0.3, -0.25) is 0 Å². The van der Waals surface area contributed by atoms with E-state index in [1.54, 1.807) is 0 Å². The number of hydrogen-bond donors (Lipinski definition) is 0. The molecule has 0 radical (unpaired) electrons. The van der Waals surface area contributed by atoms with E-state index in [0.29, 0.717) is 11.8 Å².